The maximum atomic E-state index is 10.8. The number of esters is 1. The van der Waals surface area contributed by atoms with Crippen molar-refractivity contribution in [3.63, 3.8) is 0 Å². The molecule has 0 saturated heterocycles. The van der Waals surface area contributed by atoms with Crippen LogP contribution < -0.4 is 0 Å². The van der Waals surface area contributed by atoms with E-state index in [1.165, 1.54) is 18.9 Å². The molecule has 100 valence electrons. The smallest absolute Gasteiger partial charge is 0.330 e. The van der Waals surface area contributed by atoms with E-state index in [0.717, 1.165) is 19.8 Å². The number of carbonyl (C=O) groups is 2. The van der Waals surface area contributed by atoms with Crippen LogP contribution in [-0.4, -0.2) is 23.7 Å². The Labute approximate surface area is 104 Å². The van der Waals surface area contributed by atoms with Crippen molar-refractivity contribution < 1.29 is 19.4 Å². The van der Waals surface area contributed by atoms with Gasteiger partial charge in [-0.05, 0) is 12.3 Å². The molecule has 0 heterocycles. The Morgan fingerprint density at radius 1 is 1.41 bits per heavy atom. The highest BCUT2D eigenvalue weighted by Crippen LogP contribution is 2.12. The quantitative estimate of drug-likeness (QED) is 0.552. The minimum atomic E-state index is -0.833. The van der Waals surface area contributed by atoms with Gasteiger partial charge in [0.1, 0.15) is 0 Å². The second kappa shape index (κ2) is 12.7. The van der Waals surface area contributed by atoms with Crippen molar-refractivity contribution in [2.75, 3.05) is 6.61 Å². The third-order valence-electron chi connectivity index (χ3n) is 2.17. The van der Waals surface area contributed by atoms with E-state index in [1.54, 1.807) is 0 Å². The molecule has 4 nitrogen and oxygen atoms in total. The van der Waals surface area contributed by atoms with Gasteiger partial charge >= 0.3 is 5.97 Å². The van der Waals surface area contributed by atoms with Gasteiger partial charge < -0.3 is 9.84 Å². The summed E-state index contributed by atoms with van der Waals surface area (Å²) in [5, 5.41) is 7.42. The van der Waals surface area contributed by atoms with E-state index < -0.39 is 5.97 Å². The zero-order valence-electron chi connectivity index (χ0n) is 11.1. The number of aliphatic carboxylic acids is 1. The van der Waals surface area contributed by atoms with Crippen molar-refractivity contribution in [3.8, 4) is 0 Å². The molecule has 1 N–H and O–H groups in total. The van der Waals surface area contributed by atoms with Crippen LogP contribution >= 0.6 is 0 Å². The summed E-state index contributed by atoms with van der Waals surface area (Å²) in [7, 11) is 0. The van der Waals surface area contributed by atoms with E-state index in [-0.39, 0.29) is 5.97 Å². The fraction of sp³-hybridized carbons (Fsp3) is 0.692. The maximum Gasteiger partial charge on any atom is 0.330 e. The summed E-state index contributed by atoms with van der Waals surface area (Å²) in [6, 6.07) is 0. The van der Waals surface area contributed by atoms with Gasteiger partial charge in [-0.2, -0.15) is 0 Å². The predicted molar refractivity (Wildman–Crippen MR) is 67.8 cm³/mol. The van der Waals surface area contributed by atoms with Crippen molar-refractivity contribution in [3.05, 3.63) is 12.7 Å². The molecule has 0 radical (unpaired) electrons. The van der Waals surface area contributed by atoms with Crippen LogP contribution in [0.1, 0.15) is 46.5 Å². The molecule has 0 fully saturated rings. The molecule has 0 saturated carbocycles. The Kier molecular flexibility index (Phi) is 13.5. The number of hydrogen-bond donors (Lipinski definition) is 1. The first kappa shape index (κ1) is 18.1. The standard InChI is InChI=1S/C11H20O2.C2H4O2/c1-4-7-8-10(5-2)9-13-11(12)6-3;1-2(3)4/h6,10H,3-5,7-9H2,1-2H3;1H3,(H,3,4). The SMILES string of the molecule is C=CC(=O)OCC(CC)CCCC.CC(=O)O. The molecule has 0 aromatic carbocycles. The van der Waals surface area contributed by atoms with Gasteiger partial charge in [-0.15, -0.1) is 0 Å². The number of unbranched alkanes of at least 4 members (excludes halogenated alkanes) is 1. The molecule has 0 bridgehead atoms. The first-order valence-electron chi connectivity index (χ1n) is 5.96. The lowest BCUT2D eigenvalue weighted by molar-refractivity contribution is -0.139. The summed E-state index contributed by atoms with van der Waals surface area (Å²) in [5.41, 5.74) is 0. The van der Waals surface area contributed by atoms with E-state index in [0.29, 0.717) is 12.5 Å². The van der Waals surface area contributed by atoms with Crippen LogP contribution in [0.25, 0.3) is 0 Å². The largest absolute Gasteiger partial charge is 0.481 e. The summed E-state index contributed by atoms with van der Waals surface area (Å²) in [5.74, 6) is -0.626. The van der Waals surface area contributed by atoms with Crippen LogP contribution in [0.5, 0.6) is 0 Å². The fourth-order valence-electron chi connectivity index (χ4n) is 1.16. The molecule has 0 spiro atoms. The summed E-state index contributed by atoms with van der Waals surface area (Å²) in [4.78, 5) is 19.8. The molecule has 17 heavy (non-hydrogen) atoms. The van der Waals surface area contributed by atoms with Crippen molar-refractivity contribution in [2.45, 2.75) is 46.5 Å². The van der Waals surface area contributed by atoms with Gasteiger partial charge in [-0.25, -0.2) is 4.79 Å². The Bertz CT molecular complexity index is 219. The van der Waals surface area contributed by atoms with Gasteiger partial charge in [-0.1, -0.05) is 39.7 Å². The van der Waals surface area contributed by atoms with Crippen LogP contribution in [0.3, 0.4) is 0 Å². The van der Waals surface area contributed by atoms with Gasteiger partial charge in [0.05, 0.1) is 6.61 Å². The highest BCUT2D eigenvalue weighted by molar-refractivity contribution is 5.81. The molecule has 0 aliphatic carbocycles. The average Bonchev–Trinajstić information content (AvgIpc) is 2.28. The van der Waals surface area contributed by atoms with Crippen molar-refractivity contribution in [1.29, 1.82) is 0 Å². The van der Waals surface area contributed by atoms with Crippen LogP contribution in [0.4, 0.5) is 0 Å². The highest BCUT2D eigenvalue weighted by atomic mass is 16.5. The number of ether oxygens (including phenoxy) is 1. The van der Waals surface area contributed by atoms with Gasteiger partial charge in [0, 0.05) is 13.0 Å². The Morgan fingerprint density at radius 3 is 2.29 bits per heavy atom. The zero-order valence-corrected chi connectivity index (χ0v) is 11.1. The molecule has 1 unspecified atom stereocenters. The van der Waals surface area contributed by atoms with Crippen LogP contribution in [0, 0.1) is 5.92 Å². The van der Waals surface area contributed by atoms with Gasteiger partial charge in [0.25, 0.3) is 5.97 Å². The molecule has 0 aromatic rings. The van der Waals surface area contributed by atoms with Gasteiger partial charge in [0.2, 0.25) is 0 Å². The van der Waals surface area contributed by atoms with E-state index in [4.69, 9.17) is 14.6 Å². The number of carboxylic acids is 1. The van der Waals surface area contributed by atoms with Crippen LogP contribution in [0.2, 0.25) is 0 Å². The van der Waals surface area contributed by atoms with Crippen molar-refractivity contribution >= 4 is 11.9 Å². The molecule has 0 aliphatic rings. The highest BCUT2D eigenvalue weighted by Gasteiger charge is 2.07. The first-order chi connectivity index (χ1) is 7.97. The zero-order chi connectivity index (χ0) is 13.7. The lowest BCUT2D eigenvalue weighted by Gasteiger charge is -2.13. The molecule has 0 aromatic heterocycles. The molecular weight excluding hydrogens is 220 g/mol. The van der Waals surface area contributed by atoms with E-state index in [2.05, 4.69) is 20.4 Å². The number of rotatable bonds is 7. The lowest BCUT2D eigenvalue weighted by atomic mass is 10.0. The first-order valence-corrected chi connectivity index (χ1v) is 5.96. The molecular formula is C13H24O4. The Balaban J connectivity index is 0. The second-order valence-electron chi connectivity index (χ2n) is 3.77. The average molecular weight is 244 g/mol. The van der Waals surface area contributed by atoms with E-state index in [1.807, 2.05) is 0 Å². The second-order valence-corrected chi connectivity index (χ2v) is 3.77. The van der Waals surface area contributed by atoms with Crippen LogP contribution in [0.15, 0.2) is 12.7 Å². The van der Waals surface area contributed by atoms with Gasteiger partial charge in [0.15, 0.2) is 0 Å². The monoisotopic (exact) mass is 244 g/mol. The van der Waals surface area contributed by atoms with E-state index in [9.17, 15) is 4.79 Å². The lowest BCUT2D eigenvalue weighted by Crippen LogP contribution is -2.12. The molecule has 1 atom stereocenters. The topological polar surface area (TPSA) is 63.6 Å². The van der Waals surface area contributed by atoms with E-state index >= 15 is 0 Å². The summed E-state index contributed by atoms with van der Waals surface area (Å²) < 4.78 is 4.98. The minimum absolute atomic E-state index is 0.310. The van der Waals surface area contributed by atoms with Crippen LogP contribution in [-0.2, 0) is 14.3 Å². The van der Waals surface area contributed by atoms with Gasteiger partial charge in [-0.3, -0.25) is 4.79 Å². The Morgan fingerprint density at radius 2 is 1.94 bits per heavy atom. The maximum absolute atomic E-state index is 10.8. The molecule has 0 aliphatic heterocycles. The molecule has 4 heteroatoms. The van der Waals surface area contributed by atoms with Crippen molar-refractivity contribution in [2.24, 2.45) is 5.92 Å². The molecule has 0 amide bonds. The third kappa shape index (κ3) is 17.3. The number of carbonyl (C=O) groups excluding carboxylic acids is 1. The fourth-order valence-corrected chi connectivity index (χ4v) is 1.16. The number of hydrogen-bond acceptors (Lipinski definition) is 3. The van der Waals surface area contributed by atoms with Crippen molar-refractivity contribution in [1.82, 2.24) is 0 Å². The summed E-state index contributed by atoms with van der Waals surface area (Å²) in [6.07, 6.45) is 5.85. The minimum Gasteiger partial charge on any atom is -0.481 e. The Hall–Kier alpha value is -1.32. The normalized spacial score (nSPS) is 10.8. The predicted octanol–water partition coefficient (Wildman–Crippen LogP) is 3.02. The summed E-state index contributed by atoms with van der Waals surface area (Å²) >= 11 is 0. The third-order valence-corrected chi connectivity index (χ3v) is 2.17. The summed E-state index contributed by atoms with van der Waals surface area (Å²) in [6.45, 7) is 9.27. The molecule has 0 rings (SSSR count). The number of carboxylic acid groups (broad SMARTS) is 1.